The Labute approximate surface area is 113 Å². The van der Waals surface area contributed by atoms with Crippen LogP contribution in [0.15, 0.2) is 12.4 Å². The number of nitrogens with one attached hydrogen (secondary N) is 1. The minimum Gasteiger partial charge on any atom is -0.338 e. The number of likely N-dealkylation sites (tertiary alicyclic amines) is 1. The van der Waals surface area contributed by atoms with E-state index in [-0.39, 0.29) is 18.3 Å². The summed E-state index contributed by atoms with van der Waals surface area (Å²) in [6, 6.07) is 0. The Balaban J connectivity index is 0.00000120. The van der Waals surface area contributed by atoms with Crippen LogP contribution in [0.3, 0.4) is 0 Å². The van der Waals surface area contributed by atoms with Crippen molar-refractivity contribution >= 4 is 18.3 Å². The van der Waals surface area contributed by atoms with Gasteiger partial charge in [-0.25, -0.2) is 0 Å². The van der Waals surface area contributed by atoms with Gasteiger partial charge in [-0.15, -0.1) is 12.4 Å². The number of rotatable bonds is 2. The van der Waals surface area contributed by atoms with Crippen molar-refractivity contribution in [2.45, 2.75) is 13.5 Å². The molecular weight excluding hydrogens is 252 g/mol. The SMILES string of the molecule is CCn1cc(C(=O)N2C[C@H]3CNC[C@H]3C2)cn1.Cl. The Hall–Kier alpha value is -1.07. The van der Waals surface area contributed by atoms with Crippen molar-refractivity contribution < 1.29 is 4.79 Å². The van der Waals surface area contributed by atoms with E-state index in [1.165, 1.54) is 0 Å². The zero-order chi connectivity index (χ0) is 11.8. The monoisotopic (exact) mass is 270 g/mol. The molecule has 2 fully saturated rings. The van der Waals surface area contributed by atoms with E-state index in [1.54, 1.807) is 10.9 Å². The summed E-state index contributed by atoms with van der Waals surface area (Å²) in [4.78, 5) is 14.2. The van der Waals surface area contributed by atoms with Gasteiger partial charge >= 0.3 is 0 Å². The zero-order valence-corrected chi connectivity index (χ0v) is 11.3. The summed E-state index contributed by atoms with van der Waals surface area (Å²) >= 11 is 0. The summed E-state index contributed by atoms with van der Waals surface area (Å²) in [5.41, 5.74) is 0.722. The van der Waals surface area contributed by atoms with E-state index in [1.807, 2.05) is 18.0 Å². The van der Waals surface area contributed by atoms with Gasteiger partial charge in [0, 0.05) is 38.9 Å². The molecule has 0 unspecified atom stereocenters. The zero-order valence-electron chi connectivity index (χ0n) is 10.5. The molecule has 0 radical (unpaired) electrons. The second-order valence-corrected chi connectivity index (χ2v) is 4.97. The van der Waals surface area contributed by atoms with E-state index in [2.05, 4.69) is 10.4 Å². The second-order valence-electron chi connectivity index (χ2n) is 4.97. The highest BCUT2D eigenvalue weighted by molar-refractivity contribution is 5.94. The lowest BCUT2D eigenvalue weighted by Gasteiger charge is -2.16. The van der Waals surface area contributed by atoms with Crippen LogP contribution in [0.4, 0.5) is 0 Å². The number of nitrogens with zero attached hydrogens (tertiary/aromatic N) is 3. The first-order chi connectivity index (χ1) is 8.28. The molecule has 18 heavy (non-hydrogen) atoms. The largest absolute Gasteiger partial charge is 0.338 e. The Kier molecular flexibility index (Phi) is 3.92. The summed E-state index contributed by atoms with van der Waals surface area (Å²) < 4.78 is 1.80. The maximum absolute atomic E-state index is 12.3. The summed E-state index contributed by atoms with van der Waals surface area (Å²) in [7, 11) is 0. The van der Waals surface area contributed by atoms with Crippen LogP contribution in [0.1, 0.15) is 17.3 Å². The first-order valence-corrected chi connectivity index (χ1v) is 6.30. The number of carbonyl (C=O) groups is 1. The van der Waals surface area contributed by atoms with E-state index in [4.69, 9.17) is 0 Å². The summed E-state index contributed by atoms with van der Waals surface area (Å²) in [5.74, 6) is 1.44. The van der Waals surface area contributed by atoms with Gasteiger partial charge in [-0.1, -0.05) is 0 Å². The summed E-state index contributed by atoms with van der Waals surface area (Å²) in [6.45, 7) is 6.74. The normalized spacial score (nSPS) is 25.9. The molecule has 1 amide bonds. The van der Waals surface area contributed by atoms with Gasteiger partial charge in [0.2, 0.25) is 0 Å². The third-order valence-electron chi connectivity index (χ3n) is 3.88. The van der Waals surface area contributed by atoms with Crippen molar-refractivity contribution in [3.63, 3.8) is 0 Å². The highest BCUT2D eigenvalue weighted by Gasteiger charge is 2.38. The fourth-order valence-electron chi connectivity index (χ4n) is 2.85. The molecule has 1 N–H and O–H groups in total. The minimum absolute atomic E-state index is 0. The van der Waals surface area contributed by atoms with Crippen LogP contribution < -0.4 is 5.32 Å². The lowest BCUT2D eigenvalue weighted by atomic mass is 10.0. The van der Waals surface area contributed by atoms with Crippen molar-refractivity contribution in [3.05, 3.63) is 18.0 Å². The smallest absolute Gasteiger partial charge is 0.257 e. The molecule has 0 aliphatic carbocycles. The molecule has 2 atom stereocenters. The van der Waals surface area contributed by atoms with Crippen LogP contribution in [0, 0.1) is 11.8 Å². The van der Waals surface area contributed by atoms with E-state index in [0.29, 0.717) is 11.8 Å². The number of carbonyl (C=O) groups excluding carboxylic acids is 1. The minimum atomic E-state index is 0. The first kappa shape index (κ1) is 13.4. The van der Waals surface area contributed by atoms with E-state index in [0.717, 1.165) is 38.3 Å². The third-order valence-corrected chi connectivity index (χ3v) is 3.88. The number of aryl methyl sites for hydroxylation is 1. The number of hydrogen-bond acceptors (Lipinski definition) is 3. The average Bonchev–Trinajstić information content (AvgIpc) is 3.02. The van der Waals surface area contributed by atoms with Crippen LogP contribution in [-0.2, 0) is 6.54 Å². The van der Waals surface area contributed by atoms with Crippen LogP contribution in [0.2, 0.25) is 0 Å². The van der Waals surface area contributed by atoms with Gasteiger partial charge in [-0.3, -0.25) is 9.48 Å². The number of fused-ring (bicyclic) bond motifs is 1. The Morgan fingerprint density at radius 1 is 1.44 bits per heavy atom. The highest BCUT2D eigenvalue weighted by Crippen LogP contribution is 2.27. The van der Waals surface area contributed by atoms with Crippen LogP contribution in [-0.4, -0.2) is 46.8 Å². The summed E-state index contributed by atoms with van der Waals surface area (Å²) in [6.07, 6.45) is 3.52. The van der Waals surface area contributed by atoms with E-state index < -0.39 is 0 Å². The van der Waals surface area contributed by atoms with Crippen molar-refractivity contribution in [1.29, 1.82) is 0 Å². The molecule has 3 rings (SSSR count). The molecule has 0 spiro atoms. The topological polar surface area (TPSA) is 50.2 Å². The lowest BCUT2D eigenvalue weighted by molar-refractivity contribution is 0.0781. The quantitative estimate of drug-likeness (QED) is 0.857. The maximum Gasteiger partial charge on any atom is 0.257 e. The van der Waals surface area contributed by atoms with E-state index in [9.17, 15) is 4.79 Å². The number of amides is 1. The highest BCUT2D eigenvalue weighted by atomic mass is 35.5. The molecule has 0 saturated carbocycles. The predicted octanol–water partition coefficient (Wildman–Crippen LogP) is 0.616. The van der Waals surface area contributed by atoms with Crippen molar-refractivity contribution in [2.24, 2.45) is 11.8 Å². The molecule has 0 aromatic carbocycles. The molecule has 2 aliphatic rings. The Morgan fingerprint density at radius 3 is 2.67 bits per heavy atom. The van der Waals surface area contributed by atoms with Crippen LogP contribution in [0.5, 0.6) is 0 Å². The predicted molar refractivity (Wildman–Crippen MR) is 70.9 cm³/mol. The third kappa shape index (κ3) is 2.24. The van der Waals surface area contributed by atoms with Gasteiger partial charge in [0.1, 0.15) is 0 Å². The average molecular weight is 271 g/mol. The number of halogens is 1. The molecule has 1 aromatic rings. The molecule has 2 aliphatic heterocycles. The fraction of sp³-hybridized carbons (Fsp3) is 0.667. The molecule has 1 aromatic heterocycles. The lowest BCUT2D eigenvalue weighted by Crippen LogP contribution is -2.31. The van der Waals surface area contributed by atoms with Gasteiger partial charge in [0.05, 0.1) is 11.8 Å². The van der Waals surface area contributed by atoms with Crippen molar-refractivity contribution in [2.75, 3.05) is 26.2 Å². The first-order valence-electron chi connectivity index (χ1n) is 6.30. The van der Waals surface area contributed by atoms with Crippen molar-refractivity contribution in [3.8, 4) is 0 Å². The molecular formula is C12H19ClN4O. The van der Waals surface area contributed by atoms with E-state index >= 15 is 0 Å². The standard InChI is InChI=1S/C12H18N4O.ClH/c1-2-16-8-11(5-14-16)12(17)15-6-9-3-13-4-10(9)7-15;/h5,8-10,13H,2-4,6-7H2,1H3;1H/t9-,10+;. The van der Waals surface area contributed by atoms with Crippen LogP contribution in [0.25, 0.3) is 0 Å². The molecule has 5 nitrogen and oxygen atoms in total. The van der Waals surface area contributed by atoms with Gasteiger partial charge < -0.3 is 10.2 Å². The molecule has 6 heteroatoms. The van der Waals surface area contributed by atoms with Gasteiger partial charge in [-0.05, 0) is 18.8 Å². The van der Waals surface area contributed by atoms with Crippen molar-refractivity contribution in [1.82, 2.24) is 20.0 Å². The molecule has 3 heterocycles. The second kappa shape index (κ2) is 5.28. The Morgan fingerprint density at radius 2 is 2.11 bits per heavy atom. The number of aromatic nitrogens is 2. The Bertz CT molecular complexity index is 421. The van der Waals surface area contributed by atoms with Crippen LogP contribution >= 0.6 is 12.4 Å². The maximum atomic E-state index is 12.3. The van der Waals surface area contributed by atoms with Gasteiger partial charge in [0.25, 0.3) is 5.91 Å². The fourth-order valence-corrected chi connectivity index (χ4v) is 2.85. The number of hydrogen-bond donors (Lipinski definition) is 1. The molecule has 100 valence electrons. The summed E-state index contributed by atoms with van der Waals surface area (Å²) in [5, 5.41) is 7.54. The molecule has 0 bridgehead atoms. The van der Waals surface area contributed by atoms with Gasteiger partial charge in [-0.2, -0.15) is 5.10 Å². The van der Waals surface area contributed by atoms with Gasteiger partial charge in [0.15, 0.2) is 0 Å². The molecule has 2 saturated heterocycles.